The summed E-state index contributed by atoms with van der Waals surface area (Å²) >= 11 is 0. The van der Waals surface area contributed by atoms with Crippen LogP contribution in [0, 0.1) is 0 Å². The Morgan fingerprint density at radius 3 is 1.39 bits per heavy atom. The summed E-state index contributed by atoms with van der Waals surface area (Å²) in [4.78, 5) is 0. The maximum Gasteiger partial charge on any atom is 0.0732 e. The van der Waals surface area contributed by atoms with Gasteiger partial charge in [0.2, 0.25) is 0 Å². The fourth-order valence-corrected chi connectivity index (χ4v) is 3.10. The Balaban J connectivity index is 0.00000192. The molecule has 0 aliphatic carbocycles. The van der Waals surface area contributed by atoms with Gasteiger partial charge in [-0.05, 0) is 16.7 Å². The lowest BCUT2D eigenvalue weighted by Gasteiger charge is -2.37. The Morgan fingerprint density at radius 1 is 0.652 bits per heavy atom. The fraction of sp³-hybridized carbons (Fsp3) is 0.143. The molecule has 3 rings (SSSR count). The first-order valence-corrected chi connectivity index (χ1v) is 7.68. The zero-order chi connectivity index (χ0) is 15.4. The van der Waals surface area contributed by atoms with Crippen molar-refractivity contribution in [2.75, 3.05) is 0 Å². The molecule has 3 aromatic rings. The minimum Gasteiger partial charge on any atom is -0.412 e. The van der Waals surface area contributed by atoms with Gasteiger partial charge in [0, 0.05) is 5.92 Å². The van der Waals surface area contributed by atoms with E-state index in [-0.39, 0.29) is 11.4 Å². The highest BCUT2D eigenvalue weighted by molar-refractivity contribution is 5.43. The number of benzene rings is 3. The Hall–Kier alpha value is -2.42. The molecule has 0 heterocycles. The van der Waals surface area contributed by atoms with Crippen LogP contribution in [-0.4, -0.2) is 5.48 Å². The van der Waals surface area contributed by atoms with Gasteiger partial charge in [-0.3, -0.25) is 0 Å². The molecule has 1 unspecified atom stereocenters. The van der Waals surface area contributed by atoms with Crippen LogP contribution in [0.4, 0.5) is 0 Å². The highest BCUT2D eigenvalue weighted by Crippen LogP contribution is 2.39. The van der Waals surface area contributed by atoms with E-state index in [9.17, 15) is 0 Å². The molecule has 3 aromatic carbocycles. The van der Waals surface area contributed by atoms with Gasteiger partial charge in [0.05, 0.1) is 5.54 Å². The summed E-state index contributed by atoms with van der Waals surface area (Å²) in [6.45, 7) is 2.20. The molecule has 0 amide bonds. The SMILES string of the molecule is CC(c1ccccc1)C(N)(c1ccccc1)c1ccccc1.O. The summed E-state index contributed by atoms with van der Waals surface area (Å²) in [5.74, 6) is 0.165. The average molecular weight is 305 g/mol. The van der Waals surface area contributed by atoms with E-state index >= 15 is 0 Å². The van der Waals surface area contributed by atoms with E-state index in [2.05, 4.69) is 79.7 Å². The van der Waals surface area contributed by atoms with E-state index in [1.165, 1.54) is 5.56 Å². The second-order valence-electron chi connectivity index (χ2n) is 5.73. The standard InChI is InChI=1S/C21H21N.H2O/c1-17(18-11-5-2-6-12-18)21(22,19-13-7-3-8-14-19)20-15-9-4-10-16-20;/h2-17H,22H2,1H3;1H2. The predicted molar refractivity (Wildman–Crippen MR) is 96.3 cm³/mol. The van der Waals surface area contributed by atoms with Crippen LogP contribution in [-0.2, 0) is 5.54 Å². The first-order chi connectivity index (χ1) is 10.7. The van der Waals surface area contributed by atoms with Crippen LogP contribution in [0.1, 0.15) is 29.5 Å². The third kappa shape index (κ3) is 3.19. The maximum atomic E-state index is 7.02. The Kier molecular flexibility index (Phi) is 5.32. The summed E-state index contributed by atoms with van der Waals surface area (Å²) in [7, 11) is 0. The maximum absolute atomic E-state index is 7.02. The predicted octanol–water partition coefficient (Wildman–Crippen LogP) is 3.87. The lowest BCUT2D eigenvalue weighted by molar-refractivity contribution is 0.448. The molecule has 2 nitrogen and oxygen atoms in total. The smallest absolute Gasteiger partial charge is 0.0732 e. The molecule has 0 fully saturated rings. The van der Waals surface area contributed by atoms with Gasteiger partial charge in [-0.2, -0.15) is 0 Å². The zero-order valence-electron chi connectivity index (χ0n) is 13.3. The molecule has 2 heteroatoms. The van der Waals surface area contributed by atoms with E-state index in [1.54, 1.807) is 0 Å². The van der Waals surface area contributed by atoms with E-state index in [0.29, 0.717) is 0 Å². The highest BCUT2D eigenvalue weighted by Gasteiger charge is 2.36. The van der Waals surface area contributed by atoms with Crippen LogP contribution >= 0.6 is 0 Å². The number of nitrogens with two attached hydrogens (primary N) is 1. The number of rotatable bonds is 4. The molecule has 1 atom stereocenters. The summed E-state index contributed by atoms with van der Waals surface area (Å²) in [6.07, 6.45) is 0. The molecule has 23 heavy (non-hydrogen) atoms. The van der Waals surface area contributed by atoms with Crippen molar-refractivity contribution in [1.82, 2.24) is 0 Å². The molecular formula is C21H23NO. The second-order valence-corrected chi connectivity index (χ2v) is 5.73. The minimum atomic E-state index is -0.552. The van der Waals surface area contributed by atoms with Crippen molar-refractivity contribution in [2.24, 2.45) is 5.73 Å². The van der Waals surface area contributed by atoms with Crippen molar-refractivity contribution in [2.45, 2.75) is 18.4 Å². The first kappa shape index (κ1) is 16.9. The van der Waals surface area contributed by atoms with Crippen molar-refractivity contribution in [3.05, 3.63) is 108 Å². The van der Waals surface area contributed by atoms with Crippen LogP contribution in [0.2, 0.25) is 0 Å². The molecular weight excluding hydrogens is 282 g/mol. The van der Waals surface area contributed by atoms with Gasteiger partial charge in [-0.25, -0.2) is 0 Å². The summed E-state index contributed by atoms with van der Waals surface area (Å²) in [5.41, 5.74) is 9.99. The zero-order valence-corrected chi connectivity index (χ0v) is 13.3. The average Bonchev–Trinajstić information content (AvgIpc) is 2.62. The van der Waals surface area contributed by atoms with Crippen molar-refractivity contribution in [3.63, 3.8) is 0 Å². The van der Waals surface area contributed by atoms with Crippen LogP contribution in [0.3, 0.4) is 0 Å². The Bertz CT molecular complexity index is 671. The topological polar surface area (TPSA) is 57.5 Å². The van der Waals surface area contributed by atoms with Gasteiger partial charge in [0.15, 0.2) is 0 Å². The minimum absolute atomic E-state index is 0. The lowest BCUT2D eigenvalue weighted by atomic mass is 9.72. The summed E-state index contributed by atoms with van der Waals surface area (Å²) in [6, 6.07) is 31.2. The van der Waals surface area contributed by atoms with Gasteiger partial charge in [-0.1, -0.05) is 97.9 Å². The van der Waals surface area contributed by atoms with Gasteiger partial charge in [0.25, 0.3) is 0 Å². The van der Waals surface area contributed by atoms with Crippen LogP contribution < -0.4 is 5.73 Å². The fourth-order valence-electron chi connectivity index (χ4n) is 3.10. The summed E-state index contributed by atoms with van der Waals surface area (Å²) in [5, 5.41) is 0. The molecule has 118 valence electrons. The molecule has 0 bridgehead atoms. The Labute approximate surface area is 137 Å². The van der Waals surface area contributed by atoms with E-state index in [1.807, 2.05) is 18.2 Å². The molecule has 0 saturated heterocycles. The van der Waals surface area contributed by atoms with Gasteiger partial charge in [-0.15, -0.1) is 0 Å². The van der Waals surface area contributed by atoms with Crippen LogP contribution in [0.25, 0.3) is 0 Å². The molecule has 0 radical (unpaired) electrons. The molecule has 4 N–H and O–H groups in total. The van der Waals surface area contributed by atoms with Crippen LogP contribution in [0.5, 0.6) is 0 Å². The third-order valence-electron chi connectivity index (χ3n) is 4.49. The third-order valence-corrected chi connectivity index (χ3v) is 4.49. The van der Waals surface area contributed by atoms with Crippen molar-refractivity contribution in [1.29, 1.82) is 0 Å². The van der Waals surface area contributed by atoms with Crippen molar-refractivity contribution in [3.8, 4) is 0 Å². The lowest BCUT2D eigenvalue weighted by Crippen LogP contribution is -2.43. The monoisotopic (exact) mass is 305 g/mol. The largest absolute Gasteiger partial charge is 0.412 e. The number of hydrogen-bond acceptors (Lipinski definition) is 1. The van der Waals surface area contributed by atoms with Crippen LogP contribution in [0.15, 0.2) is 91.0 Å². The van der Waals surface area contributed by atoms with Gasteiger partial charge in [0.1, 0.15) is 0 Å². The molecule has 0 aliphatic rings. The first-order valence-electron chi connectivity index (χ1n) is 7.68. The van der Waals surface area contributed by atoms with Crippen molar-refractivity contribution >= 4 is 0 Å². The normalized spacial score (nSPS) is 12.3. The highest BCUT2D eigenvalue weighted by atomic mass is 16.0. The number of hydrogen-bond donors (Lipinski definition) is 1. The quantitative estimate of drug-likeness (QED) is 0.781. The second kappa shape index (κ2) is 7.23. The van der Waals surface area contributed by atoms with Gasteiger partial charge < -0.3 is 11.2 Å². The van der Waals surface area contributed by atoms with E-state index < -0.39 is 5.54 Å². The molecule has 0 spiro atoms. The molecule has 0 aliphatic heterocycles. The van der Waals surface area contributed by atoms with E-state index in [4.69, 9.17) is 5.73 Å². The van der Waals surface area contributed by atoms with Crippen molar-refractivity contribution < 1.29 is 5.48 Å². The molecule has 0 aromatic heterocycles. The Morgan fingerprint density at radius 2 is 1.00 bits per heavy atom. The van der Waals surface area contributed by atoms with Gasteiger partial charge >= 0.3 is 0 Å². The summed E-state index contributed by atoms with van der Waals surface area (Å²) < 4.78 is 0. The molecule has 0 saturated carbocycles. The van der Waals surface area contributed by atoms with E-state index in [0.717, 1.165) is 11.1 Å².